The van der Waals surface area contributed by atoms with Crippen molar-refractivity contribution in [2.45, 2.75) is 13.8 Å². The first-order chi connectivity index (χ1) is 11.4. The lowest BCUT2D eigenvalue weighted by atomic mass is 10.1. The van der Waals surface area contributed by atoms with Gasteiger partial charge in [-0.3, -0.25) is 0 Å². The number of pyridine rings is 1. The predicted octanol–water partition coefficient (Wildman–Crippen LogP) is 1.84. The third-order valence-corrected chi connectivity index (χ3v) is 3.60. The van der Waals surface area contributed by atoms with E-state index in [1.165, 1.54) is 5.56 Å². The van der Waals surface area contributed by atoms with Gasteiger partial charge in [0.25, 0.3) is 0 Å². The van der Waals surface area contributed by atoms with Crippen LogP contribution in [0.2, 0.25) is 0 Å². The van der Waals surface area contributed by atoms with E-state index in [1.54, 1.807) is 0 Å². The second-order valence-corrected chi connectivity index (χ2v) is 5.60. The smallest absolute Gasteiger partial charge is 0.223 e. The molecule has 24 heavy (non-hydrogen) atoms. The van der Waals surface area contributed by atoms with Crippen molar-refractivity contribution in [1.82, 2.24) is 9.38 Å². The summed E-state index contributed by atoms with van der Waals surface area (Å²) in [6.45, 7) is 3.98. The van der Waals surface area contributed by atoms with Crippen molar-refractivity contribution in [1.29, 1.82) is 0 Å². The molecule has 7 heteroatoms. The van der Waals surface area contributed by atoms with Gasteiger partial charge in [-0.05, 0) is 43.2 Å². The molecule has 0 saturated heterocycles. The highest BCUT2D eigenvalue weighted by Gasteiger charge is 2.07. The van der Waals surface area contributed by atoms with Crippen molar-refractivity contribution in [3.63, 3.8) is 0 Å². The summed E-state index contributed by atoms with van der Waals surface area (Å²) in [6.07, 6.45) is 3.97. The molecular formula is C17H19N7. The SMILES string of the molecule is Cc1ccn2cc(-c3ccc(C)c(N=C(N)N=C(N)N)c3)nc2c1. The average molecular weight is 321 g/mol. The Morgan fingerprint density at radius 1 is 1.08 bits per heavy atom. The maximum atomic E-state index is 5.72. The molecule has 0 amide bonds. The Morgan fingerprint density at radius 3 is 2.62 bits per heavy atom. The van der Waals surface area contributed by atoms with Crippen LogP contribution in [0.15, 0.2) is 52.7 Å². The van der Waals surface area contributed by atoms with Gasteiger partial charge in [-0.2, -0.15) is 4.99 Å². The van der Waals surface area contributed by atoms with Gasteiger partial charge in [-0.25, -0.2) is 9.98 Å². The normalized spacial score (nSPS) is 11.7. The van der Waals surface area contributed by atoms with Crippen molar-refractivity contribution in [3.05, 3.63) is 53.9 Å². The maximum Gasteiger partial charge on any atom is 0.223 e. The number of nitrogens with zero attached hydrogens (tertiary/aromatic N) is 4. The second-order valence-electron chi connectivity index (χ2n) is 5.60. The largest absolute Gasteiger partial charge is 0.370 e. The van der Waals surface area contributed by atoms with E-state index in [1.807, 2.05) is 61.0 Å². The number of nitrogens with two attached hydrogens (primary N) is 3. The molecule has 0 unspecified atom stereocenters. The van der Waals surface area contributed by atoms with E-state index in [2.05, 4.69) is 15.0 Å². The summed E-state index contributed by atoms with van der Waals surface area (Å²) in [7, 11) is 0. The Kier molecular flexibility index (Phi) is 3.91. The molecule has 3 rings (SSSR count). The number of hydrogen-bond acceptors (Lipinski definition) is 2. The average Bonchev–Trinajstić information content (AvgIpc) is 2.91. The van der Waals surface area contributed by atoms with Gasteiger partial charge in [-0.1, -0.05) is 12.1 Å². The maximum absolute atomic E-state index is 5.72. The van der Waals surface area contributed by atoms with E-state index < -0.39 is 0 Å². The molecule has 0 aliphatic rings. The standard InChI is InChI=1S/C17H19N7/c1-10-5-6-24-9-14(21-15(24)7-10)12-4-3-11(2)13(8-12)22-17(20)23-16(18)19/h3-9H,1-2H3,(H6,18,19,20,22,23). The first-order valence-electron chi connectivity index (χ1n) is 7.42. The van der Waals surface area contributed by atoms with Gasteiger partial charge in [-0.15, -0.1) is 0 Å². The summed E-state index contributed by atoms with van der Waals surface area (Å²) in [5, 5.41) is 0. The zero-order valence-electron chi connectivity index (χ0n) is 13.6. The molecule has 0 aliphatic heterocycles. The van der Waals surface area contributed by atoms with E-state index in [4.69, 9.17) is 17.2 Å². The monoisotopic (exact) mass is 321 g/mol. The van der Waals surface area contributed by atoms with E-state index in [9.17, 15) is 0 Å². The Labute approximate surface area is 139 Å². The Bertz CT molecular complexity index is 962. The quantitative estimate of drug-likeness (QED) is 0.492. The van der Waals surface area contributed by atoms with Crippen LogP contribution in [0.3, 0.4) is 0 Å². The summed E-state index contributed by atoms with van der Waals surface area (Å²) < 4.78 is 1.99. The van der Waals surface area contributed by atoms with Crippen LogP contribution in [0.25, 0.3) is 16.9 Å². The highest BCUT2D eigenvalue weighted by Crippen LogP contribution is 2.27. The summed E-state index contributed by atoms with van der Waals surface area (Å²) in [5.74, 6) is -0.110. The molecule has 0 saturated carbocycles. The fourth-order valence-corrected chi connectivity index (χ4v) is 2.39. The number of aryl methyl sites for hydroxylation is 2. The summed E-state index contributed by atoms with van der Waals surface area (Å²) in [4.78, 5) is 12.7. The Hall–Kier alpha value is -3.35. The molecule has 0 atom stereocenters. The molecule has 0 fully saturated rings. The molecule has 0 bridgehead atoms. The summed E-state index contributed by atoms with van der Waals surface area (Å²) >= 11 is 0. The molecule has 2 heterocycles. The Morgan fingerprint density at radius 2 is 1.88 bits per heavy atom. The number of guanidine groups is 2. The zero-order chi connectivity index (χ0) is 17.3. The third kappa shape index (κ3) is 3.19. The van der Waals surface area contributed by atoms with Gasteiger partial charge in [0.1, 0.15) is 5.65 Å². The molecule has 1 aromatic carbocycles. The van der Waals surface area contributed by atoms with Gasteiger partial charge < -0.3 is 21.6 Å². The minimum atomic E-state index is -0.124. The number of aliphatic imine (C=N–C) groups is 2. The number of rotatable bonds is 2. The number of hydrogen-bond donors (Lipinski definition) is 3. The molecule has 7 nitrogen and oxygen atoms in total. The van der Waals surface area contributed by atoms with Crippen molar-refractivity contribution in [2.75, 3.05) is 0 Å². The first-order valence-corrected chi connectivity index (χ1v) is 7.42. The van der Waals surface area contributed by atoms with Crippen LogP contribution in [-0.4, -0.2) is 21.3 Å². The molecule has 3 aromatic rings. The predicted molar refractivity (Wildman–Crippen MR) is 97.2 cm³/mol. The van der Waals surface area contributed by atoms with Crippen molar-refractivity contribution >= 4 is 23.3 Å². The first kappa shape index (κ1) is 15.5. The minimum absolute atomic E-state index is 0.0147. The van der Waals surface area contributed by atoms with E-state index in [-0.39, 0.29) is 11.9 Å². The van der Waals surface area contributed by atoms with Gasteiger partial charge in [0, 0.05) is 18.0 Å². The van der Waals surface area contributed by atoms with Gasteiger partial charge >= 0.3 is 0 Å². The van der Waals surface area contributed by atoms with Gasteiger partial charge in [0.05, 0.1) is 11.4 Å². The highest BCUT2D eigenvalue weighted by molar-refractivity contribution is 5.93. The number of benzene rings is 1. The fourth-order valence-electron chi connectivity index (χ4n) is 2.39. The number of imidazole rings is 1. The molecule has 122 valence electrons. The molecule has 6 N–H and O–H groups in total. The van der Waals surface area contributed by atoms with Gasteiger partial charge in [0.15, 0.2) is 5.96 Å². The van der Waals surface area contributed by atoms with Crippen molar-refractivity contribution in [2.24, 2.45) is 27.2 Å². The topological polar surface area (TPSA) is 120 Å². The fraction of sp³-hybridized carbons (Fsp3) is 0.118. The lowest BCUT2D eigenvalue weighted by Crippen LogP contribution is -2.26. The third-order valence-electron chi connectivity index (χ3n) is 3.60. The van der Waals surface area contributed by atoms with Crippen LogP contribution in [0.1, 0.15) is 11.1 Å². The van der Waals surface area contributed by atoms with E-state index in [0.717, 1.165) is 22.5 Å². The van der Waals surface area contributed by atoms with Crippen LogP contribution in [0.5, 0.6) is 0 Å². The van der Waals surface area contributed by atoms with Crippen LogP contribution in [0.4, 0.5) is 5.69 Å². The van der Waals surface area contributed by atoms with Gasteiger partial charge in [0.2, 0.25) is 5.96 Å². The Balaban J connectivity index is 2.05. The zero-order valence-corrected chi connectivity index (χ0v) is 13.6. The van der Waals surface area contributed by atoms with Crippen LogP contribution in [0, 0.1) is 13.8 Å². The molecule has 0 aliphatic carbocycles. The van der Waals surface area contributed by atoms with Crippen molar-refractivity contribution < 1.29 is 0 Å². The minimum Gasteiger partial charge on any atom is -0.370 e. The molecule has 0 spiro atoms. The number of aromatic nitrogens is 2. The highest BCUT2D eigenvalue weighted by atomic mass is 15.1. The van der Waals surface area contributed by atoms with Crippen LogP contribution in [-0.2, 0) is 0 Å². The second kappa shape index (κ2) is 6.04. The lowest BCUT2D eigenvalue weighted by molar-refractivity contribution is 1.17. The van der Waals surface area contributed by atoms with Crippen LogP contribution < -0.4 is 17.2 Å². The van der Waals surface area contributed by atoms with Crippen LogP contribution >= 0.6 is 0 Å². The molecule has 0 radical (unpaired) electrons. The van der Waals surface area contributed by atoms with E-state index >= 15 is 0 Å². The summed E-state index contributed by atoms with van der Waals surface area (Å²) in [5.41, 5.74) is 21.9. The lowest BCUT2D eigenvalue weighted by Gasteiger charge is -2.04. The summed E-state index contributed by atoms with van der Waals surface area (Å²) in [6, 6.07) is 9.96. The number of fused-ring (bicyclic) bond motifs is 1. The van der Waals surface area contributed by atoms with E-state index in [0.29, 0.717) is 5.69 Å². The molecular weight excluding hydrogens is 302 g/mol. The molecule has 2 aromatic heterocycles. The van der Waals surface area contributed by atoms with Crippen molar-refractivity contribution in [3.8, 4) is 11.3 Å².